The van der Waals surface area contributed by atoms with Crippen LogP contribution in [0.1, 0.15) is 43.2 Å². The molecule has 1 aliphatic rings. The summed E-state index contributed by atoms with van der Waals surface area (Å²) in [6.45, 7) is 2.87. The first-order chi connectivity index (χ1) is 8.52. The lowest BCUT2D eigenvalue weighted by Crippen LogP contribution is -2.25. The van der Waals surface area contributed by atoms with Gasteiger partial charge in [-0.2, -0.15) is 13.2 Å². The Bertz CT molecular complexity index is 403. The summed E-state index contributed by atoms with van der Waals surface area (Å²) in [4.78, 5) is 3.85. The molecule has 1 aromatic heterocycles. The molecule has 100 valence electrons. The monoisotopic (exact) mass is 258 g/mol. The molecule has 0 bridgehead atoms. The van der Waals surface area contributed by atoms with Gasteiger partial charge in [0.15, 0.2) is 0 Å². The van der Waals surface area contributed by atoms with Gasteiger partial charge in [-0.3, -0.25) is 4.98 Å². The van der Waals surface area contributed by atoms with Gasteiger partial charge in [0.25, 0.3) is 0 Å². The molecule has 1 saturated carbocycles. The molecule has 0 aromatic carbocycles. The van der Waals surface area contributed by atoms with Crippen LogP contribution in [-0.2, 0) is 6.18 Å². The fraction of sp³-hybridized carbons (Fsp3) is 0.615. The predicted molar refractivity (Wildman–Crippen MR) is 63.3 cm³/mol. The van der Waals surface area contributed by atoms with Crippen LogP contribution in [0.25, 0.3) is 0 Å². The molecular weight excluding hydrogens is 241 g/mol. The lowest BCUT2D eigenvalue weighted by molar-refractivity contribution is -0.138. The van der Waals surface area contributed by atoms with Crippen molar-refractivity contribution in [1.82, 2.24) is 10.3 Å². The zero-order valence-corrected chi connectivity index (χ0v) is 10.3. The topological polar surface area (TPSA) is 24.9 Å². The molecule has 2 nitrogen and oxygen atoms in total. The summed E-state index contributed by atoms with van der Waals surface area (Å²) in [6, 6.07) is 1.41. The number of nitrogens with one attached hydrogen (secondary N) is 1. The Morgan fingerprint density at radius 1 is 1.39 bits per heavy atom. The van der Waals surface area contributed by atoms with E-state index in [4.69, 9.17) is 0 Å². The molecule has 1 N–H and O–H groups in total. The number of nitrogens with zero attached hydrogens (tertiary/aromatic N) is 1. The molecule has 2 unspecified atom stereocenters. The Kier molecular flexibility index (Phi) is 3.90. The van der Waals surface area contributed by atoms with Crippen molar-refractivity contribution in [3.63, 3.8) is 0 Å². The zero-order valence-electron chi connectivity index (χ0n) is 10.3. The van der Waals surface area contributed by atoms with E-state index in [2.05, 4.69) is 10.3 Å². The number of hydrogen-bond acceptors (Lipinski definition) is 2. The molecule has 2 rings (SSSR count). The highest BCUT2D eigenvalue weighted by Crippen LogP contribution is 2.41. The maximum Gasteiger partial charge on any atom is 0.416 e. The van der Waals surface area contributed by atoms with Gasteiger partial charge >= 0.3 is 6.18 Å². The molecule has 0 radical (unpaired) electrons. The number of rotatable bonds is 3. The van der Waals surface area contributed by atoms with E-state index in [9.17, 15) is 13.2 Å². The number of hydrogen-bond donors (Lipinski definition) is 1. The molecule has 1 aliphatic carbocycles. The van der Waals surface area contributed by atoms with Gasteiger partial charge in [-0.05, 0) is 43.4 Å². The second-order valence-electron chi connectivity index (χ2n) is 4.73. The van der Waals surface area contributed by atoms with Crippen molar-refractivity contribution in [3.05, 3.63) is 29.6 Å². The number of pyridine rings is 1. The highest BCUT2D eigenvalue weighted by molar-refractivity contribution is 5.30. The summed E-state index contributed by atoms with van der Waals surface area (Å²) in [7, 11) is 0. The summed E-state index contributed by atoms with van der Waals surface area (Å²) in [5, 5.41) is 3.30. The Morgan fingerprint density at radius 2 is 2.17 bits per heavy atom. The van der Waals surface area contributed by atoms with Crippen LogP contribution < -0.4 is 5.32 Å². The average Bonchev–Trinajstić information content (AvgIpc) is 2.77. The summed E-state index contributed by atoms with van der Waals surface area (Å²) in [5.41, 5.74) is -0.176. The smallest absolute Gasteiger partial charge is 0.314 e. The molecule has 1 fully saturated rings. The second-order valence-corrected chi connectivity index (χ2v) is 4.73. The first-order valence-corrected chi connectivity index (χ1v) is 6.27. The van der Waals surface area contributed by atoms with Gasteiger partial charge in [0.05, 0.1) is 5.56 Å². The zero-order chi connectivity index (χ0) is 13.2. The van der Waals surface area contributed by atoms with E-state index in [0.717, 1.165) is 31.9 Å². The summed E-state index contributed by atoms with van der Waals surface area (Å²) < 4.78 is 38.7. The maximum absolute atomic E-state index is 12.9. The minimum Gasteiger partial charge on any atom is -0.314 e. The quantitative estimate of drug-likeness (QED) is 0.899. The largest absolute Gasteiger partial charge is 0.416 e. The highest BCUT2D eigenvalue weighted by Gasteiger charge is 2.37. The van der Waals surface area contributed by atoms with E-state index in [1.54, 1.807) is 0 Å². The van der Waals surface area contributed by atoms with Gasteiger partial charge in [0.1, 0.15) is 0 Å². The molecule has 1 aromatic rings. The van der Waals surface area contributed by atoms with Gasteiger partial charge in [0, 0.05) is 18.4 Å². The van der Waals surface area contributed by atoms with Crippen molar-refractivity contribution in [2.24, 2.45) is 0 Å². The van der Waals surface area contributed by atoms with E-state index in [1.165, 1.54) is 12.4 Å². The van der Waals surface area contributed by atoms with E-state index in [-0.39, 0.29) is 5.92 Å². The predicted octanol–water partition coefficient (Wildman–Crippen LogP) is 3.35. The Labute approximate surface area is 105 Å². The second kappa shape index (κ2) is 5.26. The lowest BCUT2D eigenvalue weighted by Gasteiger charge is -2.17. The van der Waals surface area contributed by atoms with E-state index >= 15 is 0 Å². The van der Waals surface area contributed by atoms with Crippen molar-refractivity contribution in [1.29, 1.82) is 0 Å². The standard InChI is InChI=1S/C13H17F3N2/c1-2-18-10-4-3-9(7-10)11-8-17-6-5-12(11)13(14,15)16/h5-6,8-10,18H,2-4,7H2,1H3. The number of halogens is 3. The SMILES string of the molecule is CCNC1CCC(c2cnccc2C(F)(F)F)C1. The Balaban J connectivity index is 2.19. The molecule has 0 spiro atoms. The van der Waals surface area contributed by atoms with Crippen LogP contribution in [0.4, 0.5) is 13.2 Å². The highest BCUT2D eigenvalue weighted by atomic mass is 19.4. The third-order valence-electron chi connectivity index (χ3n) is 3.52. The summed E-state index contributed by atoms with van der Waals surface area (Å²) >= 11 is 0. The van der Waals surface area contributed by atoms with Crippen LogP contribution in [0.5, 0.6) is 0 Å². The van der Waals surface area contributed by atoms with Crippen molar-refractivity contribution < 1.29 is 13.2 Å². The van der Waals surface area contributed by atoms with Crippen molar-refractivity contribution >= 4 is 0 Å². The fourth-order valence-electron chi connectivity index (χ4n) is 2.73. The van der Waals surface area contributed by atoms with Gasteiger partial charge < -0.3 is 5.32 Å². The van der Waals surface area contributed by atoms with Gasteiger partial charge in [-0.1, -0.05) is 6.92 Å². The third kappa shape index (κ3) is 2.83. The average molecular weight is 258 g/mol. The molecule has 2 atom stereocenters. The van der Waals surface area contributed by atoms with Crippen LogP contribution in [0, 0.1) is 0 Å². The Hall–Kier alpha value is -1.10. The van der Waals surface area contributed by atoms with Crippen molar-refractivity contribution in [3.8, 4) is 0 Å². The summed E-state index contributed by atoms with van der Waals surface area (Å²) in [6.07, 6.45) is 0.805. The molecule has 0 aliphatic heterocycles. The molecule has 1 heterocycles. The number of alkyl halides is 3. The molecule has 18 heavy (non-hydrogen) atoms. The normalized spacial score (nSPS) is 24.4. The van der Waals surface area contributed by atoms with Crippen LogP contribution in [0.15, 0.2) is 18.5 Å². The van der Waals surface area contributed by atoms with E-state index in [0.29, 0.717) is 11.6 Å². The van der Waals surface area contributed by atoms with Crippen LogP contribution in [0.3, 0.4) is 0 Å². The summed E-state index contributed by atoms with van der Waals surface area (Å²) in [5.74, 6) is -0.0284. The van der Waals surface area contributed by atoms with Gasteiger partial charge in [0.2, 0.25) is 0 Å². The molecule has 0 amide bonds. The lowest BCUT2D eigenvalue weighted by atomic mass is 9.94. The maximum atomic E-state index is 12.9. The van der Waals surface area contributed by atoms with E-state index < -0.39 is 11.7 Å². The van der Waals surface area contributed by atoms with Crippen LogP contribution in [-0.4, -0.2) is 17.6 Å². The fourth-order valence-corrected chi connectivity index (χ4v) is 2.73. The van der Waals surface area contributed by atoms with Crippen LogP contribution in [0.2, 0.25) is 0 Å². The van der Waals surface area contributed by atoms with Crippen LogP contribution >= 0.6 is 0 Å². The van der Waals surface area contributed by atoms with Gasteiger partial charge in [-0.25, -0.2) is 0 Å². The Morgan fingerprint density at radius 3 is 2.83 bits per heavy atom. The minimum absolute atomic E-state index is 0.0284. The molecule has 0 saturated heterocycles. The minimum atomic E-state index is -4.28. The third-order valence-corrected chi connectivity index (χ3v) is 3.52. The first kappa shape index (κ1) is 13.3. The number of aromatic nitrogens is 1. The van der Waals surface area contributed by atoms with E-state index in [1.807, 2.05) is 6.92 Å². The first-order valence-electron chi connectivity index (χ1n) is 6.27. The van der Waals surface area contributed by atoms with Gasteiger partial charge in [-0.15, -0.1) is 0 Å². The molecule has 5 heteroatoms. The van der Waals surface area contributed by atoms with Crippen molar-refractivity contribution in [2.45, 2.75) is 44.3 Å². The molecular formula is C13H17F3N2. The van der Waals surface area contributed by atoms with Crippen molar-refractivity contribution in [2.75, 3.05) is 6.54 Å².